The van der Waals surface area contributed by atoms with E-state index in [4.69, 9.17) is 0 Å². The van der Waals surface area contributed by atoms with Gasteiger partial charge in [-0.1, -0.05) is 36.4 Å². The minimum absolute atomic E-state index is 0. The molecule has 2 rings (SSSR count). The second kappa shape index (κ2) is 11.9. The van der Waals surface area contributed by atoms with E-state index in [1.54, 1.807) is 11.3 Å². The van der Waals surface area contributed by atoms with Crippen molar-refractivity contribution in [3.05, 3.63) is 58.3 Å². The zero-order valence-corrected chi connectivity index (χ0v) is 16.8. The number of hydrogen-bond donors (Lipinski definition) is 3. The van der Waals surface area contributed by atoms with Gasteiger partial charge in [0.1, 0.15) is 6.54 Å². The van der Waals surface area contributed by atoms with Crippen molar-refractivity contribution in [3.8, 4) is 0 Å². The van der Waals surface area contributed by atoms with Crippen molar-refractivity contribution in [2.45, 2.75) is 20.0 Å². The van der Waals surface area contributed by atoms with Crippen LogP contribution in [0.25, 0.3) is 0 Å². The maximum absolute atomic E-state index is 11.9. The zero-order valence-electron chi connectivity index (χ0n) is 13.6. The Kier molecular flexibility index (Phi) is 10.1. The molecule has 0 unspecified atom stereocenters. The van der Waals surface area contributed by atoms with Gasteiger partial charge >= 0.3 is 0 Å². The molecule has 0 fully saturated rings. The van der Waals surface area contributed by atoms with Gasteiger partial charge in [0.05, 0.1) is 6.54 Å². The molecule has 24 heavy (non-hydrogen) atoms. The predicted molar refractivity (Wildman–Crippen MR) is 111 cm³/mol. The van der Waals surface area contributed by atoms with Crippen LogP contribution in [0, 0.1) is 0 Å². The highest BCUT2D eigenvalue weighted by Crippen LogP contribution is 2.07. The molecular weight excluding hydrogens is 435 g/mol. The molecule has 0 spiro atoms. The summed E-state index contributed by atoms with van der Waals surface area (Å²) in [5.41, 5.74) is 1.08. The van der Waals surface area contributed by atoms with Crippen molar-refractivity contribution >= 4 is 47.2 Å². The van der Waals surface area contributed by atoms with E-state index in [0.29, 0.717) is 19.0 Å². The molecule has 7 heteroatoms. The van der Waals surface area contributed by atoms with Crippen LogP contribution in [-0.4, -0.2) is 25.0 Å². The number of rotatable bonds is 7. The quantitative estimate of drug-likeness (QED) is 0.340. The van der Waals surface area contributed by atoms with Crippen LogP contribution < -0.4 is 16.0 Å². The van der Waals surface area contributed by atoms with E-state index in [1.807, 2.05) is 48.7 Å². The molecule has 2 aromatic rings. The second-order valence-corrected chi connectivity index (χ2v) is 5.92. The molecule has 0 radical (unpaired) electrons. The lowest BCUT2D eigenvalue weighted by Crippen LogP contribution is -2.38. The van der Waals surface area contributed by atoms with Crippen LogP contribution in [0.5, 0.6) is 0 Å². The summed E-state index contributed by atoms with van der Waals surface area (Å²) in [7, 11) is 0. The lowest BCUT2D eigenvalue weighted by atomic mass is 10.2. The van der Waals surface area contributed by atoms with E-state index in [1.165, 1.54) is 4.88 Å². The van der Waals surface area contributed by atoms with E-state index >= 15 is 0 Å². The number of thiophene rings is 1. The van der Waals surface area contributed by atoms with Gasteiger partial charge in [-0.25, -0.2) is 4.99 Å². The Balaban J connectivity index is 0.00000288. The van der Waals surface area contributed by atoms with Gasteiger partial charge in [0, 0.05) is 18.0 Å². The molecule has 0 saturated carbocycles. The Morgan fingerprint density at radius 1 is 1.04 bits per heavy atom. The molecule has 0 bridgehead atoms. The lowest BCUT2D eigenvalue weighted by Gasteiger charge is -2.10. The highest BCUT2D eigenvalue weighted by molar-refractivity contribution is 14.0. The molecule has 0 aliphatic heterocycles. The Bertz CT molecular complexity index is 617. The minimum Gasteiger partial charge on any atom is -0.357 e. The first-order chi connectivity index (χ1) is 11.3. The van der Waals surface area contributed by atoms with Crippen LogP contribution in [-0.2, 0) is 17.9 Å². The lowest BCUT2D eigenvalue weighted by molar-refractivity contribution is -0.119. The van der Waals surface area contributed by atoms with Crippen molar-refractivity contribution < 1.29 is 4.79 Å². The third kappa shape index (κ3) is 7.78. The number of guanidine groups is 1. The van der Waals surface area contributed by atoms with E-state index in [0.717, 1.165) is 12.1 Å². The van der Waals surface area contributed by atoms with Crippen molar-refractivity contribution in [1.29, 1.82) is 0 Å². The first-order valence-electron chi connectivity index (χ1n) is 7.63. The Morgan fingerprint density at radius 3 is 2.50 bits per heavy atom. The van der Waals surface area contributed by atoms with Gasteiger partial charge in [0.2, 0.25) is 5.91 Å². The summed E-state index contributed by atoms with van der Waals surface area (Å²) in [5.74, 6) is 0.554. The summed E-state index contributed by atoms with van der Waals surface area (Å²) in [6.45, 7) is 4.08. The fraction of sp³-hybridized carbons (Fsp3) is 0.294. The van der Waals surface area contributed by atoms with Gasteiger partial charge < -0.3 is 16.0 Å². The molecule has 1 aromatic heterocycles. The molecule has 0 aliphatic rings. The molecule has 0 atom stereocenters. The molecule has 1 amide bonds. The number of nitrogens with zero attached hydrogens (tertiary/aromatic N) is 1. The second-order valence-electron chi connectivity index (χ2n) is 4.89. The van der Waals surface area contributed by atoms with Crippen molar-refractivity contribution in [1.82, 2.24) is 16.0 Å². The number of amides is 1. The number of halogens is 1. The molecule has 1 aromatic carbocycles. The van der Waals surface area contributed by atoms with Gasteiger partial charge in [-0.2, -0.15) is 0 Å². The van der Waals surface area contributed by atoms with Gasteiger partial charge in [-0.3, -0.25) is 4.79 Å². The predicted octanol–water partition coefficient (Wildman–Crippen LogP) is 2.74. The highest BCUT2D eigenvalue weighted by Gasteiger charge is 2.03. The summed E-state index contributed by atoms with van der Waals surface area (Å²) in [4.78, 5) is 17.4. The molecule has 130 valence electrons. The summed E-state index contributed by atoms with van der Waals surface area (Å²) in [6, 6.07) is 13.9. The third-order valence-electron chi connectivity index (χ3n) is 3.07. The molecule has 1 heterocycles. The van der Waals surface area contributed by atoms with Crippen molar-refractivity contribution in [2.75, 3.05) is 13.1 Å². The Morgan fingerprint density at radius 2 is 1.83 bits per heavy atom. The average Bonchev–Trinajstić information content (AvgIpc) is 3.10. The normalized spacial score (nSPS) is 10.6. The summed E-state index contributed by atoms with van der Waals surface area (Å²) in [5, 5.41) is 11.3. The van der Waals surface area contributed by atoms with Gasteiger partial charge in [0.15, 0.2) is 5.96 Å². The summed E-state index contributed by atoms with van der Waals surface area (Å²) in [6.07, 6.45) is 0. The van der Waals surface area contributed by atoms with Gasteiger partial charge in [-0.05, 0) is 23.9 Å². The number of carbonyl (C=O) groups is 1. The van der Waals surface area contributed by atoms with Crippen LogP contribution in [0.1, 0.15) is 17.4 Å². The van der Waals surface area contributed by atoms with E-state index in [9.17, 15) is 4.79 Å². The first-order valence-corrected chi connectivity index (χ1v) is 8.51. The maximum Gasteiger partial charge on any atom is 0.242 e. The first kappa shape index (κ1) is 20.4. The maximum atomic E-state index is 11.9. The number of carbonyl (C=O) groups excluding carboxylic acids is 1. The summed E-state index contributed by atoms with van der Waals surface area (Å²) >= 11 is 1.69. The average molecular weight is 458 g/mol. The highest BCUT2D eigenvalue weighted by atomic mass is 127. The SMILES string of the molecule is CCNC(=NCC(=O)NCc1ccccc1)NCc1cccs1.I. The minimum atomic E-state index is -0.0952. The van der Waals surface area contributed by atoms with Crippen LogP contribution in [0.4, 0.5) is 0 Å². The van der Waals surface area contributed by atoms with Crippen LogP contribution >= 0.6 is 35.3 Å². The monoisotopic (exact) mass is 458 g/mol. The van der Waals surface area contributed by atoms with Gasteiger partial charge in [-0.15, -0.1) is 35.3 Å². The molecule has 5 nitrogen and oxygen atoms in total. The fourth-order valence-electron chi connectivity index (χ4n) is 1.93. The Labute approximate surface area is 164 Å². The van der Waals surface area contributed by atoms with Crippen LogP contribution in [0.15, 0.2) is 52.8 Å². The molecule has 3 N–H and O–H groups in total. The number of benzene rings is 1. The standard InChI is InChI=1S/C17H22N4OS.HI/c1-2-18-17(20-12-15-9-6-10-23-15)21-13-16(22)19-11-14-7-4-3-5-8-14;/h3-10H,2,11-13H2,1H3,(H,19,22)(H2,18,20,21);1H. The van der Waals surface area contributed by atoms with E-state index < -0.39 is 0 Å². The molecule has 0 aliphatic carbocycles. The van der Waals surface area contributed by atoms with Crippen molar-refractivity contribution in [3.63, 3.8) is 0 Å². The number of aliphatic imine (C=N–C) groups is 1. The van der Waals surface area contributed by atoms with E-state index in [2.05, 4.69) is 27.0 Å². The third-order valence-corrected chi connectivity index (χ3v) is 3.94. The molecule has 0 saturated heterocycles. The number of hydrogen-bond acceptors (Lipinski definition) is 3. The fourth-order valence-corrected chi connectivity index (χ4v) is 2.57. The van der Waals surface area contributed by atoms with E-state index in [-0.39, 0.29) is 36.4 Å². The summed E-state index contributed by atoms with van der Waals surface area (Å²) < 4.78 is 0. The molecular formula is C17H23IN4OS. The van der Waals surface area contributed by atoms with Crippen molar-refractivity contribution in [2.24, 2.45) is 4.99 Å². The topological polar surface area (TPSA) is 65.5 Å². The van der Waals surface area contributed by atoms with Gasteiger partial charge in [0.25, 0.3) is 0 Å². The zero-order chi connectivity index (χ0) is 16.3. The number of nitrogens with one attached hydrogen (secondary N) is 3. The smallest absolute Gasteiger partial charge is 0.242 e. The Hall–Kier alpha value is -1.61. The van der Waals surface area contributed by atoms with Crippen LogP contribution in [0.2, 0.25) is 0 Å². The largest absolute Gasteiger partial charge is 0.357 e. The van der Waals surface area contributed by atoms with Crippen LogP contribution in [0.3, 0.4) is 0 Å².